The van der Waals surface area contributed by atoms with E-state index < -0.39 is 12.3 Å². The van der Waals surface area contributed by atoms with E-state index in [0.29, 0.717) is 10.7 Å². The second-order valence-corrected chi connectivity index (χ2v) is 2.93. The number of aromatic nitrogens is 1. The van der Waals surface area contributed by atoms with Gasteiger partial charge in [0, 0.05) is 0 Å². The lowest BCUT2D eigenvalue weighted by atomic mass is 10.5. The molecule has 1 aromatic rings. The number of rotatable bonds is 2. The second-order valence-electron chi connectivity index (χ2n) is 2.12. The van der Waals surface area contributed by atoms with Crippen LogP contribution in [0.3, 0.4) is 0 Å². The molecule has 0 aliphatic heterocycles. The summed E-state index contributed by atoms with van der Waals surface area (Å²) < 4.78 is 27.2. The molecular formula is C6H6F2N2OS. The van der Waals surface area contributed by atoms with Crippen LogP contribution in [0.1, 0.15) is 5.69 Å². The first kappa shape index (κ1) is 9.05. The smallest absolute Gasteiger partial charge is 0.311 e. The third-order valence-corrected chi connectivity index (χ3v) is 1.87. The Morgan fingerprint density at radius 1 is 1.75 bits per heavy atom. The van der Waals surface area contributed by atoms with Crippen molar-refractivity contribution in [2.75, 3.05) is 5.32 Å². The Hall–Kier alpha value is -1.04. The number of amides is 1. The summed E-state index contributed by atoms with van der Waals surface area (Å²) in [6.45, 7) is 1.72. The van der Waals surface area contributed by atoms with Gasteiger partial charge in [0.05, 0.1) is 5.69 Å². The minimum absolute atomic E-state index is 0.345. The molecule has 0 aliphatic carbocycles. The quantitative estimate of drug-likeness (QED) is 0.774. The number of nitrogens with zero attached hydrogens (tertiary/aromatic N) is 1. The van der Waals surface area contributed by atoms with E-state index in [9.17, 15) is 13.6 Å². The Labute approximate surface area is 71.6 Å². The average Bonchev–Trinajstić information content (AvgIpc) is 2.35. The van der Waals surface area contributed by atoms with Crippen LogP contribution in [0.15, 0.2) is 6.07 Å². The summed E-state index contributed by atoms with van der Waals surface area (Å²) in [4.78, 5) is 10.4. The van der Waals surface area contributed by atoms with E-state index in [4.69, 9.17) is 0 Å². The third-order valence-electron chi connectivity index (χ3n) is 1.07. The normalized spacial score (nSPS) is 10.3. The maximum atomic E-state index is 11.7. The molecule has 0 aromatic carbocycles. The molecule has 1 aromatic heterocycles. The van der Waals surface area contributed by atoms with E-state index >= 15 is 0 Å². The van der Waals surface area contributed by atoms with Crippen molar-refractivity contribution in [3.63, 3.8) is 0 Å². The van der Waals surface area contributed by atoms with Gasteiger partial charge in [0.25, 0.3) is 5.91 Å². The van der Waals surface area contributed by atoms with Crippen LogP contribution in [0, 0.1) is 6.92 Å². The van der Waals surface area contributed by atoms with Crippen LogP contribution < -0.4 is 5.32 Å². The molecule has 3 nitrogen and oxygen atoms in total. The summed E-state index contributed by atoms with van der Waals surface area (Å²) in [7, 11) is 0. The molecule has 0 saturated heterocycles. The minimum Gasteiger partial charge on any atom is -0.311 e. The van der Waals surface area contributed by atoms with Crippen LogP contribution in [0.5, 0.6) is 0 Å². The molecule has 1 amide bonds. The van der Waals surface area contributed by atoms with Crippen molar-refractivity contribution in [3.8, 4) is 0 Å². The lowest BCUT2D eigenvalue weighted by Gasteiger charge is -1.97. The highest BCUT2D eigenvalue weighted by Crippen LogP contribution is 2.15. The monoisotopic (exact) mass is 192 g/mol. The van der Waals surface area contributed by atoms with E-state index in [1.165, 1.54) is 6.07 Å². The molecule has 0 aliphatic rings. The zero-order chi connectivity index (χ0) is 9.14. The van der Waals surface area contributed by atoms with Crippen molar-refractivity contribution in [1.82, 2.24) is 4.37 Å². The number of carbonyl (C=O) groups is 1. The Kier molecular flexibility index (Phi) is 2.69. The molecule has 0 atom stereocenters. The number of aryl methyl sites for hydroxylation is 1. The minimum atomic E-state index is -2.98. The SMILES string of the molecule is Cc1cc(NC(=O)C(F)F)sn1. The van der Waals surface area contributed by atoms with Gasteiger partial charge in [0.15, 0.2) is 0 Å². The maximum absolute atomic E-state index is 11.7. The zero-order valence-electron chi connectivity index (χ0n) is 6.17. The molecule has 0 saturated carbocycles. The number of halogens is 2. The summed E-state index contributed by atoms with van der Waals surface area (Å²) in [6.07, 6.45) is -2.98. The van der Waals surface area contributed by atoms with Gasteiger partial charge < -0.3 is 5.32 Å². The number of nitrogens with one attached hydrogen (secondary N) is 1. The number of hydrogen-bond acceptors (Lipinski definition) is 3. The zero-order valence-corrected chi connectivity index (χ0v) is 6.99. The molecule has 6 heteroatoms. The first-order valence-corrected chi connectivity index (χ1v) is 3.89. The maximum Gasteiger partial charge on any atom is 0.315 e. The highest BCUT2D eigenvalue weighted by atomic mass is 32.1. The van der Waals surface area contributed by atoms with E-state index in [2.05, 4.69) is 4.37 Å². The van der Waals surface area contributed by atoms with Gasteiger partial charge in [-0.3, -0.25) is 4.79 Å². The van der Waals surface area contributed by atoms with Crippen molar-refractivity contribution in [2.45, 2.75) is 13.3 Å². The van der Waals surface area contributed by atoms with E-state index in [-0.39, 0.29) is 0 Å². The largest absolute Gasteiger partial charge is 0.315 e. The molecule has 66 valence electrons. The number of carbonyl (C=O) groups excluding carboxylic acids is 1. The summed E-state index contributed by atoms with van der Waals surface area (Å²) in [5.41, 5.74) is 0.699. The lowest BCUT2D eigenvalue weighted by Crippen LogP contribution is -2.19. The van der Waals surface area contributed by atoms with E-state index in [1.54, 1.807) is 6.92 Å². The fraction of sp³-hybridized carbons (Fsp3) is 0.333. The van der Waals surface area contributed by atoms with Gasteiger partial charge in [-0.2, -0.15) is 13.2 Å². The Morgan fingerprint density at radius 3 is 2.83 bits per heavy atom. The summed E-state index contributed by atoms with van der Waals surface area (Å²) in [5, 5.41) is 2.37. The molecule has 1 heterocycles. The van der Waals surface area contributed by atoms with Crippen molar-refractivity contribution >= 4 is 22.4 Å². The highest BCUT2D eigenvalue weighted by molar-refractivity contribution is 7.10. The van der Waals surface area contributed by atoms with Crippen LogP contribution in [-0.4, -0.2) is 16.7 Å². The molecule has 0 spiro atoms. The van der Waals surface area contributed by atoms with E-state index in [0.717, 1.165) is 11.5 Å². The first-order valence-electron chi connectivity index (χ1n) is 3.12. The first-order chi connectivity index (χ1) is 5.59. The van der Waals surface area contributed by atoms with Crippen molar-refractivity contribution in [2.24, 2.45) is 0 Å². The summed E-state index contributed by atoms with van der Waals surface area (Å²) in [5.74, 6) is -1.29. The Morgan fingerprint density at radius 2 is 2.42 bits per heavy atom. The van der Waals surface area contributed by atoms with Crippen molar-refractivity contribution in [1.29, 1.82) is 0 Å². The number of alkyl halides is 2. The molecule has 1 rings (SSSR count). The third kappa shape index (κ3) is 2.23. The van der Waals surface area contributed by atoms with Crippen LogP contribution in [0.25, 0.3) is 0 Å². The average molecular weight is 192 g/mol. The Bertz CT molecular complexity index is 287. The molecule has 0 fully saturated rings. The molecule has 12 heavy (non-hydrogen) atoms. The molecule has 1 N–H and O–H groups in total. The number of hydrogen-bond donors (Lipinski definition) is 1. The van der Waals surface area contributed by atoms with Gasteiger partial charge in [-0.1, -0.05) is 0 Å². The van der Waals surface area contributed by atoms with Gasteiger partial charge >= 0.3 is 6.43 Å². The molecule has 0 bridgehead atoms. The standard InChI is InChI=1S/C6H6F2N2OS/c1-3-2-4(12-10-3)9-6(11)5(7)8/h2,5H,1H3,(H,9,11). The summed E-state index contributed by atoms with van der Waals surface area (Å²) >= 11 is 0.980. The van der Waals surface area contributed by atoms with Crippen LogP contribution in [-0.2, 0) is 4.79 Å². The lowest BCUT2D eigenvalue weighted by molar-refractivity contribution is -0.126. The van der Waals surface area contributed by atoms with Gasteiger partial charge in [-0.05, 0) is 24.5 Å². The molecule has 0 radical (unpaired) electrons. The van der Waals surface area contributed by atoms with Crippen LogP contribution in [0.4, 0.5) is 13.8 Å². The fourth-order valence-corrected chi connectivity index (χ4v) is 1.26. The Balaban J connectivity index is 2.58. The van der Waals surface area contributed by atoms with Gasteiger partial charge in [0.1, 0.15) is 5.00 Å². The van der Waals surface area contributed by atoms with E-state index in [1.807, 2.05) is 5.32 Å². The van der Waals surface area contributed by atoms with Gasteiger partial charge in [-0.15, -0.1) is 0 Å². The predicted molar refractivity (Wildman–Crippen MR) is 41.5 cm³/mol. The van der Waals surface area contributed by atoms with Crippen LogP contribution in [0.2, 0.25) is 0 Å². The fourth-order valence-electron chi connectivity index (χ4n) is 0.598. The van der Waals surface area contributed by atoms with Gasteiger partial charge in [-0.25, -0.2) is 0 Å². The number of anilines is 1. The summed E-state index contributed by atoms with van der Waals surface area (Å²) in [6, 6.07) is 1.53. The second kappa shape index (κ2) is 3.57. The predicted octanol–water partition coefficient (Wildman–Crippen LogP) is 1.66. The topological polar surface area (TPSA) is 42.0 Å². The molecular weight excluding hydrogens is 186 g/mol. The van der Waals surface area contributed by atoms with Crippen molar-refractivity contribution in [3.05, 3.63) is 11.8 Å². The van der Waals surface area contributed by atoms with Crippen LogP contribution >= 0.6 is 11.5 Å². The highest BCUT2D eigenvalue weighted by Gasteiger charge is 2.15. The van der Waals surface area contributed by atoms with Crippen molar-refractivity contribution < 1.29 is 13.6 Å². The van der Waals surface area contributed by atoms with Gasteiger partial charge in [0.2, 0.25) is 0 Å². The molecule has 0 unspecified atom stereocenters.